The summed E-state index contributed by atoms with van der Waals surface area (Å²) in [6.07, 6.45) is 1.55. The maximum Gasteiger partial charge on any atom is 0.221 e. The van der Waals surface area contributed by atoms with E-state index >= 15 is 0 Å². The first-order valence-corrected chi connectivity index (χ1v) is 6.04. The quantitative estimate of drug-likeness (QED) is 0.745. The van der Waals surface area contributed by atoms with E-state index in [1.54, 1.807) is 6.07 Å². The molecule has 18 heavy (non-hydrogen) atoms. The number of halogens is 1. The van der Waals surface area contributed by atoms with Gasteiger partial charge in [0.15, 0.2) is 0 Å². The first-order valence-electron chi connectivity index (χ1n) is 6.04. The van der Waals surface area contributed by atoms with Crippen molar-refractivity contribution in [3.8, 4) is 0 Å². The van der Waals surface area contributed by atoms with Gasteiger partial charge in [0.05, 0.1) is 11.8 Å². The molecule has 1 amide bonds. The standard InChI is InChI=1S/C13H17FN2O2/c1-8(17)16-12-5-2-9(6-11(12)14)13(18)7-15-10-3-4-10/h2,5-6,10,13,15,18H,3-4,7H2,1H3,(H,16,17). The zero-order valence-corrected chi connectivity index (χ0v) is 10.2. The van der Waals surface area contributed by atoms with Gasteiger partial charge >= 0.3 is 0 Å². The second kappa shape index (κ2) is 5.46. The molecule has 0 bridgehead atoms. The van der Waals surface area contributed by atoms with Crippen LogP contribution in [0.1, 0.15) is 31.4 Å². The number of benzene rings is 1. The molecule has 1 saturated carbocycles. The molecule has 2 rings (SSSR count). The lowest BCUT2D eigenvalue weighted by molar-refractivity contribution is -0.114. The number of carbonyl (C=O) groups is 1. The first-order chi connectivity index (χ1) is 8.56. The summed E-state index contributed by atoms with van der Waals surface area (Å²) in [6, 6.07) is 4.84. The number of aliphatic hydroxyl groups excluding tert-OH is 1. The zero-order valence-electron chi connectivity index (χ0n) is 10.2. The molecule has 0 radical (unpaired) electrons. The van der Waals surface area contributed by atoms with Gasteiger partial charge in [-0.15, -0.1) is 0 Å². The fourth-order valence-electron chi connectivity index (χ4n) is 1.71. The molecule has 0 heterocycles. The number of rotatable bonds is 5. The third kappa shape index (κ3) is 3.51. The molecule has 4 nitrogen and oxygen atoms in total. The van der Waals surface area contributed by atoms with E-state index in [0.29, 0.717) is 18.2 Å². The summed E-state index contributed by atoms with van der Waals surface area (Å²) in [4.78, 5) is 10.8. The molecule has 1 aromatic carbocycles. The normalized spacial score (nSPS) is 16.4. The number of amides is 1. The summed E-state index contributed by atoms with van der Waals surface area (Å²) in [7, 11) is 0. The van der Waals surface area contributed by atoms with E-state index in [2.05, 4.69) is 10.6 Å². The van der Waals surface area contributed by atoms with Crippen molar-refractivity contribution in [1.82, 2.24) is 5.32 Å². The molecular formula is C13H17FN2O2. The molecule has 0 aliphatic heterocycles. The van der Waals surface area contributed by atoms with Crippen LogP contribution in [0.4, 0.5) is 10.1 Å². The van der Waals surface area contributed by atoms with Crippen LogP contribution in [0.15, 0.2) is 18.2 Å². The Kier molecular flexibility index (Phi) is 3.93. The Balaban J connectivity index is 1.99. The number of aliphatic hydroxyl groups is 1. The number of carbonyl (C=O) groups excluding carboxylic acids is 1. The Labute approximate surface area is 105 Å². The second-order valence-electron chi connectivity index (χ2n) is 4.62. The molecule has 1 aliphatic carbocycles. The molecule has 1 atom stereocenters. The highest BCUT2D eigenvalue weighted by Crippen LogP contribution is 2.22. The Morgan fingerprint density at radius 1 is 1.56 bits per heavy atom. The first kappa shape index (κ1) is 13.0. The van der Waals surface area contributed by atoms with E-state index in [1.165, 1.54) is 19.1 Å². The number of nitrogens with one attached hydrogen (secondary N) is 2. The molecular weight excluding hydrogens is 235 g/mol. The zero-order chi connectivity index (χ0) is 13.1. The number of hydrogen-bond donors (Lipinski definition) is 3. The Hall–Kier alpha value is -1.46. The predicted molar refractivity (Wildman–Crippen MR) is 66.7 cm³/mol. The van der Waals surface area contributed by atoms with Crippen molar-refractivity contribution in [1.29, 1.82) is 0 Å². The summed E-state index contributed by atoms with van der Waals surface area (Å²) in [5.41, 5.74) is 0.642. The Morgan fingerprint density at radius 3 is 2.83 bits per heavy atom. The topological polar surface area (TPSA) is 61.4 Å². The predicted octanol–water partition coefficient (Wildman–Crippen LogP) is 1.57. The third-order valence-corrected chi connectivity index (χ3v) is 2.87. The van der Waals surface area contributed by atoms with Crippen molar-refractivity contribution >= 4 is 11.6 Å². The van der Waals surface area contributed by atoms with E-state index < -0.39 is 11.9 Å². The van der Waals surface area contributed by atoms with Gasteiger partial charge in [0.2, 0.25) is 5.91 Å². The maximum atomic E-state index is 13.6. The van der Waals surface area contributed by atoms with Crippen LogP contribution in [-0.4, -0.2) is 23.6 Å². The Bertz CT molecular complexity index is 447. The van der Waals surface area contributed by atoms with E-state index in [1.807, 2.05) is 0 Å². The van der Waals surface area contributed by atoms with Gasteiger partial charge in [0, 0.05) is 19.5 Å². The van der Waals surface area contributed by atoms with Crippen LogP contribution in [-0.2, 0) is 4.79 Å². The highest BCUT2D eigenvalue weighted by Gasteiger charge is 2.22. The van der Waals surface area contributed by atoms with E-state index in [4.69, 9.17) is 0 Å². The monoisotopic (exact) mass is 252 g/mol. The third-order valence-electron chi connectivity index (χ3n) is 2.87. The molecule has 0 aromatic heterocycles. The fourth-order valence-corrected chi connectivity index (χ4v) is 1.71. The summed E-state index contributed by atoms with van der Waals surface area (Å²) < 4.78 is 13.6. The summed E-state index contributed by atoms with van der Waals surface area (Å²) in [6.45, 7) is 1.74. The Morgan fingerprint density at radius 2 is 2.28 bits per heavy atom. The van der Waals surface area contributed by atoms with Crippen LogP contribution in [0, 0.1) is 5.82 Å². The van der Waals surface area contributed by atoms with Crippen LogP contribution in [0.5, 0.6) is 0 Å². The molecule has 5 heteroatoms. The van der Waals surface area contributed by atoms with Crippen LogP contribution in [0.3, 0.4) is 0 Å². The number of hydrogen-bond acceptors (Lipinski definition) is 3. The van der Waals surface area contributed by atoms with Gasteiger partial charge in [-0.1, -0.05) is 6.07 Å². The maximum absolute atomic E-state index is 13.6. The minimum Gasteiger partial charge on any atom is -0.387 e. The van der Waals surface area contributed by atoms with Gasteiger partial charge in [-0.2, -0.15) is 0 Å². The minimum absolute atomic E-state index is 0.133. The van der Waals surface area contributed by atoms with Gasteiger partial charge in [0.1, 0.15) is 5.82 Å². The second-order valence-corrected chi connectivity index (χ2v) is 4.62. The average molecular weight is 252 g/mol. The van der Waals surface area contributed by atoms with Gasteiger partial charge in [-0.25, -0.2) is 4.39 Å². The highest BCUT2D eigenvalue weighted by atomic mass is 19.1. The van der Waals surface area contributed by atoms with Crippen LogP contribution >= 0.6 is 0 Å². The average Bonchev–Trinajstić information content (AvgIpc) is 3.12. The van der Waals surface area contributed by atoms with E-state index in [0.717, 1.165) is 12.8 Å². The van der Waals surface area contributed by atoms with E-state index in [-0.39, 0.29) is 11.6 Å². The molecule has 0 spiro atoms. The van der Waals surface area contributed by atoms with Gasteiger partial charge in [-0.05, 0) is 30.5 Å². The lowest BCUT2D eigenvalue weighted by Crippen LogP contribution is -2.23. The van der Waals surface area contributed by atoms with Crippen molar-refractivity contribution in [2.45, 2.75) is 31.9 Å². The van der Waals surface area contributed by atoms with Gasteiger partial charge in [-0.3, -0.25) is 4.79 Å². The summed E-state index contributed by atoms with van der Waals surface area (Å²) in [5.74, 6) is -0.856. The van der Waals surface area contributed by atoms with Crippen LogP contribution in [0.25, 0.3) is 0 Å². The lowest BCUT2D eigenvalue weighted by Gasteiger charge is -2.13. The van der Waals surface area contributed by atoms with Crippen molar-refractivity contribution in [2.24, 2.45) is 0 Å². The van der Waals surface area contributed by atoms with Gasteiger partial charge < -0.3 is 15.7 Å². The molecule has 1 unspecified atom stereocenters. The van der Waals surface area contributed by atoms with E-state index in [9.17, 15) is 14.3 Å². The summed E-state index contributed by atoms with van der Waals surface area (Å²) in [5, 5.41) is 15.4. The largest absolute Gasteiger partial charge is 0.387 e. The molecule has 98 valence electrons. The lowest BCUT2D eigenvalue weighted by atomic mass is 10.1. The van der Waals surface area contributed by atoms with Crippen molar-refractivity contribution in [2.75, 3.05) is 11.9 Å². The van der Waals surface area contributed by atoms with Crippen molar-refractivity contribution < 1.29 is 14.3 Å². The fraction of sp³-hybridized carbons (Fsp3) is 0.462. The molecule has 1 aliphatic rings. The molecule has 1 fully saturated rings. The highest BCUT2D eigenvalue weighted by molar-refractivity contribution is 5.88. The van der Waals surface area contributed by atoms with Crippen LogP contribution in [0.2, 0.25) is 0 Å². The minimum atomic E-state index is -0.730. The molecule has 3 N–H and O–H groups in total. The molecule has 0 saturated heterocycles. The van der Waals surface area contributed by atoms with Crippen molar-refractivity contribution in [3.63, 3.8) is 0 Å². The van der Waals surface area contributed by atoms with Crippen LogP contribution < -0.4 is 10.6 Å². The smallest absolute Gasteiger partial charge is 0.221 e. The summed E-state index contributed by atoms with van der Waals surface area (Å²) >= 11 is 0. The number of anilines is 1. The SMILES string of the molecule is CC(=O)Nc1ccc(C(O)CNC2CC2)cc1F. The van der Waals surface area contributed by atoms with Gasteiger partial charge in [0.25, 0.3) is 0 Å². The molecule has 1 aromatic rings. The van der Waals surface area contributed by atoms with Crippen molar-refractivity contribution in [3.05, 3.63) is 29.6 Å².